The van der Waals surface area contributed by atoms with Crippen LogP contribution in [0.3, 0.4) is 0 Å². The molecule has 2 aliphatic rings. The second-order valence-corrected chi connectivity index (χ2v) is 11.0. The van der Waals surface area contributed by atoms with Gasteiger partial charge in [0.1, 0.15) is 5.76 Å². The predicted octanol–water partition coefficient (Wildman–Crippen LogP) is 5.09. The highest BCUT2D eigenvalue weighted by atomic mass is 32.2. The fraction of sp³-hybridized carbons (Fsp3) is 0.538. The van der Waals surface area contributed by atoms with Crippen molar-refractivity contribution in [2.45, 2.75) is 86.9 Å². The first-order valence-electron chi connectivity index (χ1n) is 12.1. The van der Waals surface area contributed by atoms with Crippen molar-refractivity contribution in [1.82, 2.24) is 5.32 Å². The largest absolute Gasteiger partial charge is 0.458 e. The number of hydrogen-bond donors (Lipinski definition) is 3. The number of thioether (sulfide) groups is 1. The summed E-state index contributed by atoms with van der Waals surface area (Å²) in [6.07, 6.45) is 8.82. The first-order valence-corrected chi connectivity index (χ1v) is 13.0. The fourth-order valence-corrected chi connectivity index (χ4v) is 6.39. The van der Waals surface area contributed by atoms with Crippen LogP contribution < -0.4 is 16.0 Å². The molecule has 6 nitrogen and oxygen atoms in total. The normalized spacial score (nSPS) is 25.2. The number of anilines is 1. The van der Waals surface area contributed by atoms with Crippen LogP contribution in [0, 0.1) is 5.41 Å². The zero-order chi connectivity index (χ0) is 23.4. The Morgan fingerprint density at radius 2 is 2.09 bits per heavy atom. The summed E-state index contributed by atoms with van der Waals surface area (Å²) < 4.78 is 5.67. The molecule has 0 bridgehead atoms. The molecule has 1 unspecified atom stereocenters. The lowest BCUT2D eigenvalue weighted by atomic mass is 9.84. The number of furan rings is 1. The van der Waals surface area contributed by atoms with Gasteiger partial charge in [0.25, 0.3) is 0 Å². The quantitative estimate of drug-likeness (QED) is 0.270. The number of carbonyl (C=O) groups excluding carboxylic acids is 1. The van der Waals surface area contributed by atoms with Crippen molar-refractivity contribution in [3.8, 4) is 0 Å². The monoisotopic (exact) mass is 468 g/mol. The van der Waals surface area contributed by atoms with Crippen molar-refractivity contribution < 1.29 is 9.21 Å². The number of nitrogen functional groups attached to an aromatic ring is 1. The van der Waals surface area contributed by atoms with E-state index in [2.05, 4.69) is 25.2 Å². The Hall–Kier alpha value is -2.25. The zero-order valence-electron chi connectivity index (χ0n) is 19.7. The van der Waals surface area contributed by atoms with Crippen LogP contribution in [-0.4, -0.2) is 35.1 Å². The van der Waals surface area contributed by atoms with Crippen LogP contribution in [0.4, 0.5) is 5.69 Å². The van der Waals surface area contributed by atoms with E-state index in [4.69, 9.17) is 15.6 Å². The summed E-state index contributed by atoms with van der Waals surface area (Å²) in [5, 5.41) is 11.1. The average molecular weight is 469 g/mol. The van der Waals surface area contributed by atoms with E-state index < -0.39 is 0 Å². The van der Waals surface area contributed by atoms with E-state index in [1.807, 2.05) is 29.2 Å². The predicted molar refractivity (Wildman–Crippen MR) is 135 cm³/mol. The summed E-state index contributed by atoms with van der Waals surface area (Å²) in [6, 6.07) is 12.3. The molecular weight excluding hydrogens is 432 g/mol. The molecule has 1 aromatic heterocycles. The van der Waals surface area contributed by atoms with Gasteiger partial charge < -0.3 is 20.4 Å². The highest BCUT2D eigenvalue weighted by Crippen LogP contribution is 2.40. The summed E-state index contributed by atoms with van der Waals surface area (Å²) >= 11 is 1.60. The number of nitrogens with zero attached hydrogens (tertiary/aromatic N) is 1. The number of hydrogen-bond acceptors (Lipinski definition) is 5. The molecule has 4 N–H and O–H groups in total. The van der Waals surface area contributed by atoms with Crippen molar-refractivity contribution in [1.29, 1.82) is 5.41 Å². The Kier molecular flexibility index (Phi) is 7.49. The Balaban J connectivity index is 1.35. The number of carbonyl (C=O) groups is 1. The second kappa shape index (κ2) is 10.3. The molecule has 178 valence electrons. The number of piperidine rings is 1. The topological polar surface area (TPSA) is 95.4 Å². The zero-order valence-corrected chi connectivity index (χ0v) is 20.5. The number of amidine groups is 1. The molecule has 1 fully saturated rings. The van der Waals surface area contributed by atoms with E-state index in [0.717, 1.165) is 30.0 Å². The first kappa shape index (κ1) is 23.9. The van der Waals surface area contributed by atoms with E-state index in [9.17, 15) is 4.79 Å². The third-order valence-corrected chi connectivity index (χ3v) is 8.10. The summed E-state index contributed by atoms with van der Waals surface area (Å²) in [5.74, 6) is 1.08. The molecule has 2 aromatic rings. The van der Waals surface area contributed by atoms with Crippen LogP contribution in [0.15, 0.2) is 45.7 Å². The highest BCUT2D eigenvalue weighted by Gasteiger charge is 2.34. The van der Waals surface area contributed by atoms with Crippen molar-refractivity contribution in [3.63, 3.8) is 0 Å². The molecule has 3 heterocycles. The Bertz CT molecular complexity index is 990. The molecule has 0 radical (unpaired) electrons. The molecule has 0 aliphatic carbocycles. The smallest absolute Gasteiger partial charge is 0.240 e. The number of nitrogens with one attached hydrogen (secondary N) is 2. The minimum atomic E-state index is -0.238. The molecule has 3 atom stereocenters. The second-order valence-electron chi connectivity index (χ2n) is 9.76. The maximum atomic E-state index is 13.4. The van der Waals surface area contributed by atoms with Gasteiger partial charge in [-0.3, -0.25) is 10.2 Å². The highest BCUT2D eigenvalue weighted by molar-refractivity contribution is 8.01. The number of rotatable bonds is 9. The standard InChI is InChI=1S/C26H36N4O2S/c1-18-9-8-15-26(2,29-18)14-6-3-7-16-30-20-10-4-5-11-22(20)33-23(25(30)31)17-19-12-13-21(32-19)24(27)28/h4-5,10-13,18,23,29H,3,6-9,14-17H2,1-2H3,(H3,27,28)/t18-,23?,26+/m0/s1. The van der Waals surface area contributed by atoms with Crippen molar-refractivity contribution in [2.24, 2.45) is 5.73 Å². The van der Waals surface area contributed by atoms with Crippen LogP contribution in [0.2, 0.25) is 0 Å². The van der Waals surface area contributed by atoms with Gasteiger partial charge in [0.15, 0.2) is 11.6 Å². The van der Waals surface area contributed by atoms with Gasteiger partial charge in [-0.2, -0.15) is 0 Å². The maximum absolute atomic E-state index is 13.4. The minimum Gasteiger partial charge on any atom is -0.458 e. The van der Waals surface area contributed by atoms with Gasteiger partial charge in [-0.15, -0.1) is 11.8 Å². The molecule has 0 spiro atoms. The minimum absolute atomic E-state index is 0.0948. The number of benzene rings is 1. The Morgan fingerprint density at radius 3 is 2.85 bits per heavy atom. The summed E-state index contributed by atoms with van der Waals surface area (Å²) in [5.41, 5.74) is 6.79. The SMILES string of the molecule is C[C@H]1CCC[C@@](C)(CCCCCN2C(=O)C(Cc3ccc(C(=N)N)o3)Sc3ccccc32)N1. The third kappa shape index (κ3) is 5.82. The van der Waals surface area contributed by atoms with E-state index in [-0.39, 0.29) is 22.5 Å². The van der Waals surface area contributed by atoms with E-state index in [1.165, 1.54) is 32.1 Å². The molecule has 1 saturated heterocycles. The number of unbranched alkanes of at least 4 members (excludes halogenated alkanes) is 2. The Morgan fingerprint density at radius 1 is 1.27 bits per heavy atom. The molecule has 1 amide bonds. The van der Waals surface area contributed by atoms with Crippen molar-refractivity contribution in [2.75, 3.05) is 11.4 Å². The van der Waals surface area contributed by atoms with Gasteiger partial charge in [-0.1, -0.05) is 31.4 Å². The molecule has 7 heteroatoms. The summed E-state index contributed by atoms with van der Waals surface area (Å²) in [7, 11) is 0. The molecule has 2 aliphatic heterocycles. The maximum Gasteiger partial charge on any atom is 0.240 e. The summed E-state index contributed by atoms with van der Waals surface area (Å²) in [4.78, 5) is 16.5. The van der Waals surface area contributed by atoms with Gasteiger partial charge in [0.05, 0.1) is 10.9 Å². The van der Waals surface area contributed by atoms with Crippen LogP contribution in [0.1, 0.15) is 70.3 Å². The number of nitrogens with two attached hydrogens (primary N) is 1. The van der Waals surface area contributed by atoms with Gasteiger partial charge >= 0.3 is 0 Å². The fourth-order valence-electron chi connectivity index (χ4n) is 5.15. The third-order valence-electron chi connectivity index (χ3n) is 6.85. The van der Waals surface area contributed by atoms with Crippen LogP contribution in [0.25, 0.3) is 0 Å². The molecule has 33 heavy (non-hydrogen) atoms. The summed E-state index contributed by atoms with van der Waals surface area (Å²) in [6.45, 7) is 5.39. The Labute approximate surface area is 201 Å². The molecular formula is C26H36N4O2S. The van der Waals surface area contributed by atoms with Gasteiger partial charge in [-0.05, 0) is 63.8 Å². The van der Waals surface area contributed by atoms with Gasteiger partial charge in [-0.25, -0.2) is 0 Å². The van der Waals surface area contributed by atoms with Crippen LogP contribution in [-0.2, 0) is 11.2 Å². The van der Waals surface area contributed by atoms with E-state index >= 15 is 0 Å². The first-order chi connectivity index (χ1) is 15.8. The number of amides is 1. The molecule has 0 saturated carbocycles. The van der Waals surface area contributed by atoms with Crippen LogP contribution >= 0.6 is 11.8 Å². The number of fused-ring (bicyclic) bond motifs is 1. The molecule has 1 aromatic carbocycles. The van der Waals surface area contributed by atoms with Crippen LogP contribution in [0.5, 0.6) is 0 Å². The lowest BCUT2D eigenvalue weighted by Gasteiger charge is -2.39. The van der Waals surface area contributed by atoms with Crippen molar-refractivity contribution in [3.05, 3.63) is 47.9 Å². The van der Waals surface area contributed by atoms with Gasteiger partial charge in [0, 0.05) is 29.4 Å². The molecule has 4 rings (SSSR count). The van der Waals surface area contributed by atoms with E-state index in [1.54, 1.807) is 17.8 Å². The van der Waals surface area contributed by atoms with E-state index in [0.29, 0.717) is 24.0 Å². The van der Waals surface area contributed by atoms with Gasteiger partial charge in [0.2, 0.25) is 5.91 Å². The lowest BCUT2D eigenvalue weighted by molar-refractivity contribution is -0.118. The average Bonchev–Trinajstić information content (AvgIpc) is 3.24. The lowest BCUT2D eigenvalue weighted by Crippen LogP contribution is -2.50. The number of para-hydroxylation sites is 1. The van der Waals surface area contributed by atoms with Crippen molar-refractivity contribution >= 4 is 29.2 Å².